The monoisotopic (exact) mass is 291 g/mol. The molecule has 0 saturated heterocycles. The molecule has 1 aromatic rings. The Morgan fingerprint density at radius 2 is 1.90 bits per heavy atom. The fourth-order valence-corrected chi connectivity index (χ4v) is 4.10. The van der Waals surface area contributed by atoms with Crippen LogP contribution in [0, 0.1) is 11.8 Å². The molecule has 2 atom stereocenters. The maximum Gasteiger partial charge on any atom is 0.234 e. The van der Waals surface area contributed by atoms with Crippen molar-refractivity contribution in [1.29, 1.82) is 0 Å². The zero-order valence-electron chi connectivity index (χ0n) is 13.5. The summed E-state index contributed by atoms with van der Waals surface area (Å²) in [6.45, 7) is 5.28. The van der Waals surface area contributed by atoms with Crippen LogP contribution in [0.2, 0.25) is 0 Å². The van der Waals surface area contributed by atoms with E-state index in [-0.39, 0.29) is 5.41 Å². The molecule has 1 aromatic heterocycles. The minimum Gasteiger partial charge on any atom is -0.339 e. The van der Waals surface area contributed by atoms with Crippen LogP contribution in [0.15, 0.2) is 4.52 Å². The summed E-state index contributed by atoms with van der Waals surface area (Å²) < 4.78 is 5.68. The van der Waals surface area contributed by atoms with E-state index in [2.05, 4.69) is 19.0 Å². The molecule has 2 aliphatic rings. The minimum atomic E-state index is -0.0575. The van der Waals surface area contributed by atoms with Crippen LogP contribution >= 0.6 is 0 Å². The summed E-state index contributed by atoms with van der Waals surface area (Å²) in [5.41, 5.74) is 6.04. The van der Waals surface area contributed by atoms with E-state index in [1.807, 2.05) is 0 Å². The molecule has 4 nitrogen and oxygen atoms in total. The van der Waals surface area contributed by atoms with E-state index in [1.54, 1.807) is 0 Å². The molecule has 2 fully saturated rings. The number of hydrogen-bond donors (Lipinski definition) is 1. The molecule has 3 rings (SSSR count). The molecule has 4 heteroatoms. The van der Waals surface area contributed by atoms with Crippen LogP contribution in [0.3, 0.4) is 0 Å². The van der Waals surface area contributed by atoms with Crippen LogP contribution < -0.4 is 5.73 Å². The highest BCUT2D eigenvalue weighted by Crippen LogP contribution is 2.41. The van der Waals surface area contributed by atoms with Gasteiger partial charge in [0, 0.05) is 12.5 Å². The van der Waals surface area contributed by atoms with Crippen LogP contribution in [0.4, 0.5) is 0 Å². The van der Waals surface area contributed by atoms with E-state index < -0.39 is 0 Å². The molecule has 0 radical (unpaired) electrons. The zero-order valence-corrected chi connectivity index (χ0v) is 13.5. The minimum absolute atomic E-state index is 0.0575. The van der Waals surface area contributed by atoms with Crippen LogP contribution in [0.1, 0.15) is 82.8 Å². The molecule has 2 aliphatic carbocycles. The van der Waals surface area contributed by atoms with E-state index >= 15 is 0 Å². The van der Waals surface area contributed by atoms with Crippen molar-refractivity contribution in [2.24, 2.45) is 17.6 Å². The van der Waals surface area contributed by atoms with E-state index in [1.165, 1.54) is 38.5 Å². The first-order valence-corrected chi connectivity index (χ1v) is 8.67. The normalized spacial score (nSPS) is 37.6. The molecule has 0 spiro atoms. The van der Waals surface area contributed by atoms with Crippen molar-refractivity contribution < 1.29 is 4.52 Å². The molecule has 2 N–H and O–H groups in total. The SMILES string of the molecule is CC1CCC(CN)(c2nc(C3CCCC(C)C3)no2)CC1. The van der Waals surface area contributed by atoms with E-state index in [0.29, 0.717) is 12.5 Å². The Balaban J connectivity index is 1.77. The Kier molecular flexibility index (Phi) is 4.34. The summed E-state index contributed by atoms with van der Waals surface area (Å²) in [5, 5.41) is 4.32. The van der Waals surface area contributed by atoms with Crippen LogP contribution in [0.25, 0.3) is 0 Å². The van der Waals surface area contributed by atoms with Crippen molar-refractivity contribution in [2.45, 2.75) is 76.5 Å². The van der Waals surface area contributed by atoms with Gasteiger partial charge in [0.25, 0.3) is 0 Å². The predicted octanol–water partition coefficient (Wildman–Crippen LogP) is 3.77. The highest BCUT2D eigenvalue weighted by Gasteiger charge is 2.40. The largest absolute Gasteiger partial charge is 0.339 e. The maximum atomic E-state index is 6.10. The lowest BCUT2D eigenvalue weighted by Crippen LogP contribution is -2.39. The van der Waals surface area contributed by atoms with Gasteiger partial charge in [-0.2, -0.15) is 4.98 Å². The first kappa shape index (κ1) is 15.0. The van der Waals surface area contributed by atoms with Gasteiger partial charge in [0.2, 0.25) is 5.89 Å². The van der Waals surface area contributed by atoms with Gasteiger partial charge in [-0.25, -0.2) is 0 Å². The Morgan fingerprint density at radius 1 is 1.14 bits per heavy atom. The Hall–Kier alpha value is -0.900. The molecule has 2 saturated carbocycles. The number of nitrogens with two attached hydrogens (primary N) is 1. The Labute approximate surface area is 127 Å². The summed E-state index contributed by atoms with van der Waals surface area (Å²) in [5.74, 6) is 3.81. The quantitative estimate of drug-likeness (QED) is 0.920. The Bertz CT molecular complexity index is 462. The van der Waals surface area contributed by atoms with Crippen molar-refractivity contribution in [3.05, 3.63) is 11.7 Å². The predicted molar refractivity (Wildman–Crippen MR) is 83.0 cm³/mol. The fraction of sp³-hybridized carbons (Fsp3) is 0.882. The van der Waals surface area contributed by atoms with Gasteiger partial charge < -0.3 is 10.3 Å². The molecule has 21 heavy (non-hydrogen) atoms. The lowest BCUT2D eigenvalue weighted by atomic mass is 9.70. The second-order valence-corrected chi connectivity index (χ2v) is 7.59. The molecular weight excluding hydrogens is 262 g/mol. The van der Waals surface area contributed by atoms with Crippen molar-refractivity contribution >= 4 is 0 Å². The average molecular weight is 291 g/mol. The number of hydrogen-bond acceptors (Lipinski definition) is 4. The summed E-state index contributed by atoms with van der Waals surface area (Å²) in [4.78, 5) is 4.80. The molecule has 0 aromatic carbocycles. The lowest BCUT2D eigenvalue weighted by Gasteiger charge is -2.35. The van der Waals surface area contributed by atoms with Crippen LogP contribution in [0.5, 0.6) is 0 Å². The third-order valence-electron chi connectivity index (χ3n) is 5.82. The molecule has 0 bridgehead atoms. The van der Waals surface area contributed by atoms with Crippen LogP contribution in [-0.2, 0) is 5.41 Å². The molecule has 0 amide bonds. The lowest BCUT2D eigenvalue weighted by molar-refractivity contribution is 0.191. The van der Waals surface area contributed by atoms with Crippen molar-refractivity contribution in [1.82, 2.24) is 10.1 Å². The molecule has 1 heterocycles. The van der Waals surface area contributed by atoms with Crippen molar-refractivity contribution in [3.8, 4) is 0 Å². The topological polar surface area (TPSA) is 64.9 Å². The highest BCUT2D eigenvalue weighted by molar-refractivity contribution is 5.10. The average Bonchev–Trinajstić information content (AvgIpc) is 2.99. The van der Waals surface area contributed by atoms with Gasteiger partial charge in [-0.15, -0.1) is 0 Å². The summed E-state index contributed by atoms with van der Waals surface area (Å²) in [6, 6.07) is 0. The summed E-state index contributed by atoms with van der Waals surface area (Å²) in [7, 11) is 0. The van der Waals surface area contributed by atoms with Gasteiger partial charge in [0.05, 0.1) is 5.41 Å². The number of rotatable bonds is 3. The third-order valence-corrected chi connectivity index (χ3v) is 5.82. The van der Waals surface area contributed by atoms with Gasteiger partial charge in [0.15, 0.2) is 5.82 Å². The second-order valence-electron chi connectivity index (χ2n) is 7.59. The zero-order chi connectivity index (χ0) is 14.9. The molecule has 2 unspecified atom stereocenters. The smallest absolute Gasteiger partial charge is 0.234 e. The molecular formula is C17H29N3O. The molecule has 0 aliphatic heterocycles. The Morgan fingerprint density at radius 3 is 2.57 bits per heavy atom. The van der Waals surface area contributed by atoms with Crippen LogP contribution in [-0.4, -0.2) is 16.7 Å². The summed E-state index contributed by atoms with van der Waals surface area (Å²) >= 11 is 0. The van der Waals surface area contributed by atoms with E-state index in [0.717, 1.165) is 36.4 Å². The van der Waals surface area contributed by atoms with Gasteiger partial charge in [-0.05, 0) is 50.4 Å². The fourth-order valence-electron chi connectivity index (χ4n) is 4.10. The van der Waals surface area contributed by atoms with Gasteiger partial charge in [-0.3, -0.25) is 0 Å². The standard InChI is InChI=1S/C17H29N3O/c1-12-6-8-17(11-18,9-7-12)16-19-15(20-21-16)14-5-3-4-13(2)10-14/h12-14H,3-11,18H2,1-2H3. The summed E-state index contributed by atoms with van der Waals surface area (Å²) in [6.07, 6.45) is 9.65. The van der Waals surface area contributed by atoms with Gasteiger partial charge >= 0.3 is 0 Å². The van der Waals surface area contributed by atoms with Gasteiger partial charge in [0.1, 0.15) is 0 Å². The number of aromatic nitrogens is 2. The molecule has 118 valence electrons. The van der Waals surface area contributed by atoms with Gasteiger partial charge in [-0.1, -0.05) is 31.8 Å². The van der Waals surface area contributed by atoms with Crippen molar-refractivity contribution in [3.63, 3.8) is 0 Å². The number of nitrogens with zero attached hydrogens (tertiary/aromatic N) is 2. The van der Waals surface area contributed by atoms with E-state index in [9.17, 15) is 0 Å². The van der Waals surface area contributed by atoms with Crippen molar-refractivity contribution in [2.75, 3.05) is 6.54 Å². The third kappa shape index (κ3) is 3.01. The highest BCUT2D eigenvalue weighted by atomic mass is 16.5. The van der Waals surface area contributed by atoms with E-state index in [4.69, 9.17) is 15.2 Å². The first-order valence-electron chi connectivity index (χ1n) is 8.67. The second kappa shape index (κ2) is 6.07. The first-order chi connectivity index (χ1) is 10.1. The maximum absolute atomic E-state index is 6.10.